The maximum Gasteiger partial charge on any atom is 0.191 e. The van der Waals surface area contributed by atoms with Crippen LogP contribution < -0.4 is 15.4 Å². The molecule has 0 radical (unpaired) electrons. The summed E-state index contributed by atoms with van der Waals surface area (Å²) in [4.78, 5) is 8.89. The van der Waals surface area contributed by atoms with E-state index >= 15 is 0 Å². The first-order valence-electron chi connectivity index (χ1n) is 9.51. The summed E-state index contributed by atoms with van der Waals surface area (Å²) in [7, 11) is 1.68. The van der Waals surface area contributed by atoms with Crippen LogP contribution in [0, 0.1) is 0 Å². The van der Waals surface area contributed by atoms with Crippen LogP contribution in [-0.2, 0) is 13.0 Å². The van der Waals surface area contributed by atoms with Crippen molar-refractivity contribution in [2.75, 3.05) is 20.2 Å². The van der Waals surface area contributed by atoms with Gasteiger partial charge in [0.25, 0.3) is 0 Å². The smallest absolute Gasteiger partial charge is 0.191 e. The van der Waals surface area contributed by atoms with Gasteiger partial charge < -0.3 is 19.9 Å². The van der Waals surface area contributed by atoms with E-state index in [1.165, 1.54) is 5.56 Å². The number of nitrogens with one attached hydrogen (secondary N) is 2. The SMILES string of the molecule is CCNC(=NCc1ccccc1-n1ccnc1)NCCc1ccc(OC)cc1.I. The van der Waals surface area contributed by atoms with Crippen LogP contribution in [0.25, 0.3) is 5.69 Å². The molecule has 1 heterocycles. The zero-order valence-electron chi connectivity index (χ0n) is 16.8. The first-order valence-corrected chi connectivity index (χ1v) is 9.51. The number of rotatable bonds is 8. The molecule has 2 N–H and O–H groups in total. The topological polar surface area (TPSA) is 63.5 Å². The summed E-state index contributed by atoms with van der Waals surface area (Å²) in [6.07, 6.45) is 6.45. The Balaban J connectivity index is 0.00000300. The standard InChI is InChI=1S/C22H27N5O.HI/c1-3-24-22(25-13-12-18-8-10-20(28-2)11-9-18)26-16-19-6-4-5-7-21(19)27-15-14-23-17-27;/h4-11,14-15,17H,3,12-13,16H2,1-2H3,(H2,24,25,26);1H. The van der Waals surface area contributed by atoms with Gasteiger partial charge in [0.2, 0.25) is 0 Å². The number of hydrogen-bond donors (Lipinski definition) is 2. The summed E-state index contributed by atoms with van der Waals surface area (Å²) in [5.41, 5.74) is 3.50. The third-order valence-electron chi connectivity index (χ3n) is 4.39. The van der Waals surface area contributed by atoms with Gasteiger partial charge in [0.1, 0.15) is 5.75 Å². The fraction of sp³-hybridized carbons (Fsp3) is 0.273. The Kier molecular flexibility index (Phi) is 9.49. The van der Waals surface area contributed by atoms with Crippen molar-refractivity contribution in [3.05, 3.63) is 78.4 Å². The van der Waals surface area contributed by atoms with Gasteiger partial charge in [-0.25, -0.2) is 9.98 Å². The quantitative estimate of drug-likeness (QED) is 0.278. The van der Waals surface area contributed by atoms with Crippen LogP contribution in [0.4, 0.5) is 0 Å². The second-order valence-electron chi connectivity index (χ2n) is 6.32. The Bertz CT molecular complexity index is 878. The number of para-hydroxylation sites is 1. The van der Waals surface area contributed by atoms with Gasteiger partial charge in [-0.15, -0.1) is 24.0 Å². The zero-order chi connectivity index (χ0) is 19.6. The molecule has 0 bridgehead atoms. The van der Waals surface area contributed by atoms with Crippen LogP contribution in [-0.4, -0.2) is 35.7 Å². The maximum atomic E-state index is 5.20. The number of hydrogen-bond acceptors (Lipinski definition) is 3. The number of ether oxygens (including phenoxy) is 1. The zero-order valence-corrected chi connectivity index (χ0v) is 19.2. The van der Waals surface area contributed by atoms with Crippen LogP contribution in [0.1, 0.15) is 18.1 Å². The molecular weight excluding hydrogens is 477 g/mol. The van der Waals surface area contributed by atoms with E-state index in [2.05, 4.69) is 46.8 Å². The predicted molar refractivity (Wildman–Crippen MR) is 128 cm³/mol. The average Bonchev–Trinajstić information content (AvgIpc) is 3.27. The summed E-state index contributed by atoms with van der Waals surface area (Å²) in [6.45, 7) is 4.28. The number of aromatic nitrogens is 2. The molecule has 7 heteroatoms. The summed E-state index contributed by atoms with van der Waals surface area (Å²) in [5.74, 6) is 1.69. The van der Waals surface area contributed by atoms with E-state index in [1.807, 2.05) is 35.0 Å². The number of halogens is 1. The van der Waals surface area contributed by atoms with Crippen LogP contribution in [0.3, 0.4) is 0 Å². The predicted octanol–water partition coefficient (Wildman–Crippen LogP) is 3.80. The summed E-state index contributed by atoms with van der Waals surface area (Å²) in [6, 6.07) is 16.4. The Morgan fingerprint density at radius 2 is 1.90 bits per heavy atom. The van der Waals surface area contributed by atoms with Gasteiger partial charge in [-0.1, -0.05) is 30.3 Å². The summed E-state index contributed by atoms with van der Waals surface area (Å²) < 4.78 is 7.21. The molecular formula is C22H28IN5O. The normalized spacial score (nSPS) is 10.9. The van der Waals surface area contributed by atoms with Gasteiger partial charge in [-0.05, 0) is 42.7 Å². The number of nitrogens with zero attached hydrogens (tertiary/aromatic N) is 3. The number of aliphatic imine (C=N–C) groups is 1. The minimum atomic E-state index is 0. The van der Waals surface area contributed by atoms with Gasteiger partial charge >= 0.3 is 0 Å². The van der Waals surface area contributed by atoms with Gasteiger partial charge in [-0.3, -0.25) is 0 Å². The van der Waals surface area contributed by atoms with Crippen LogP contribution in [0.2, 0.25) is 0 Å². The first kappa shape index (κ1) is 22.7. The molecule has 0 spiro atoms. The molecule has 3 rings (SSSR count). The monoisotopic (exact) mass is 505 g/mol. The molecule has 0 fully saturated rings. The molecule has 0 unspecified atom stereocenters. The molecule has 154 valence electrons. The Morgan fingerprint density at radius 3 is 2.59 bits per heavy atom. The van der Waals surface area contributed by atoms with E-state index in [9.17, 15) is 0 Å². The van der Waals surface area contributed by atoms with E-state index in [0.29, 0.717) is 6.54 Å². The Hall–Kier alpha value is -2.55. The van der Waals surface area contributed by atoms with Crippen molar-refractivity contribution in [2.24, 2.45) is 4.99 Å². The summed E-state index contributed by atoms with van der Waals surface area (Å²) in [5, 5.41) is 6.72. The minimum Gasteiger partial charge on any atom is -0.497 e. The van der Waals surface area contributed by atoms with E-state index in [-0.39, 0.29) is 24.0 Å². The lowest BCUT2D eigenvalue weighted by Gasteiger charge is -2.13. The molecule has 0 aliphatic rings. The molecule has 29 heavy (non-hydrogen) atoms. The number of guanidine groups is 1. The van der Waals surface area contributed by atoms with E-state index in [1.54, 1.807) is 19.6 Å². The fourth-order valence-electron chi connectivity index (χ4n) is 2.92. The fourth-order valence-corrected chi connectivity index (χ4v) is 2.92. The third kappa shape index (κ3) is 6.77. The molecule has 1 aromatic heterocycles. The lowest BCUT2D eigenvalue weighted by molar-refractivity contribution is 0.414. The van der Waals surface area contributed by atoms with Crippen molar-refractivity contribution >= 4 is 29.9 Å². The number of methoxy groups -OCH3 is 1. The third-order valence-corrected chi connectivity index (χ3v) is 4.39. The molecule has 3 aromatic rings. The average molecular weight is 505 g/mol. The first-order chi connectivity index (χ1) is 13.8. The Morgan fingerprint density at radius 1 is 1.10 bits per heavy atom. The maximum absolute atomic E-state index is 5.20. The van der Waals surface area contributed by atoms with E-state index in [0.717, 1.165) is 42.5 Å². The highest BCUT2D eigenvalue weighted by atomic mass is 127. The van der Waals surface area contributed by atoms with Crippen LogP contribution >= 0.6 is 24.0 Å². The second-order valence-corrected chi connectivity index (χ2v) is 6.32. The largest absolute Gasteiger partial charge is 0.497 e. The Labute approximate surface area is 189 Å². The molecule has 6 nitrogen and oxygen atoms in total. The van der Waals surface area contributed by atoms with Crippen molar-refractivity contribution in [3.63, 3.8) is 0 Å². The molecule has 2 aromatic carbocycles. The van der Waals surface area contributed by atoms with Crippen molar-refractivity contribution in [1.82, 2.24) is 20.2 Å². The molecule has 0 aliphatic carbocycles. The lowest BCUT2D eigenvalue weighted by Crippen LogP contribution is -2.38. The highest BCUT2D eigenvalue weighted by Gasteiger charge is 2.04. The second kappa shape index (κ2) is 12.1. The molecule has 0 saturated carbocycles. The van der Waals surface area contributed by atoms with Gasteiger partial charge in [0.15, 0.2) is 5.96 Å². The number of imidazole rings is 1. The van der Waals surface area contributed by atoms with E-state index in [4.69, 9.17) is 9.73 Å². The van der Waals surface area contributed by atoms with Crippen molar-refractivity contribution in [1.29, 1.82) is 0 Å². The minimum absolute atomic E-state index is 0. The van der Waals surface area contributed by atoms with Crippen molar-refractivity contribution < 1.29 is 4.74 Å². The number of benzene rings is 2. The highest BCUT2D eigenvalue weighted by molar-refractivity contribution is 14.0. The van der Waals surface area contributed by atoms with E-state index < -0.39 is 0 Å². The summed E-state index contributed by atoms with van der Waals surface area (Å²) >= 11 is 0. The van der Waals surface area contributed by atoms with Gasteiger partial charge in [0.05, 0.1) is 25.7 Å². The molecule has 0 atom stereocenters. The lowest BCUT2D eigenvalue weighted by atomic mass is 10.1. The van der Waals surface area contributed by atoms with Gasteiger partial charge in [0, 0.05) is 25.5 Å². The van der Waals surface area contributed by atoms with Crippen LogP contribution in [0.15, 0.2) is 72.2 Å². The van der Waals surface area contributed by atoms with Gasteiger partial charge in [-0.2, -0.15) is 0 Å². The van der Waals surface area contributed by atoms with Crippen molar-refractivity contribution in [3.8, 4) is 11.4 Å². The van der Waals surface area contributed by atoms with Crippen molar-refractivity contribution in [2.45, 2.75) is 19.9 Å². The molecule has 0 amide bonds. The molecule has 0 aliphatic heterocycles. The highest BCUT2D eigenvalue weighted by Crippen LogP contribution is 2.15. The molecule has 0 saturated heterocycles. The van der Waals surface area contributed by atoms with Crippen LogP contribution in [0.5, 0.6) is 5.75 Å².